The van der Waals surface area contributed by atoms with Crippen molar-refractivity contribution in [2.75, 3.05) is 0 Å². The molecule has 144 valence electrons. The van der Waals surface area contributed by atoms with E-state index < -0.39 is 30.0 Å². The fourth-order valence-electron chi connectivity index (χ4n) is 2.36. The third-order valence-electron chi connectivity index (χ3n) is 3.34. The van der Waals surface area contributed by atoms with E-state index in [-0.39, 0.29) is 22.5 Å². The zero-order valence-electron chi connectivity index (χ0n) is 13.7. The highest BCUT2D eigenvalue weighted by atomic mass is 32.2. The van der Waals surface area contributed by atoms with E-state index in [0.29, 0.717) is 0 Å². The molecule has 0 fully saturated rings. The predicted octanol–water partition coefficient (Wildman–Crippen LogP) is 3.82. The summed E-state index contributed by atoms with van der Waals surface area (Å²) in [5, 5.41) is 4.03. The van der Waals surface area contributed by atoms with Crippen LogP contribution < -0.4 is 0 Å². The van der Waals surface area contributed by atoms with Crippen LogP contribution in [-0.4, -0.2) is 36.3 Å². The molecule has 0 aromatic heterocycles. The summed E-state index contributed by atoms with van der Waals surface area (Å²) in [6.07, 6.45) is 2.45. The van der Waals surface area contributed by atoms with Crippen molar-refractivity contribution in [3.63, 3.8) is 0 Å². The average Bonchev–Trinajstić information content (AvgIpc) is 2.58. The second-order valence-electron chi connectivity index (χ2n) is 5.08. The van der Waals surface area contributed by atoms with Gasteiger partial charge in [0.05, 0.1) is 21.7 Å². The Hall–Kier alpha value is -2.40. The maximum Gasteiger partial charge on any atom is 0.297 e. The molecular formula is C16H10N2O6S4. The normalized spacial score (nSPS) is 11.6. The Bertz CT molecular complexity index is 1170. The van der Waals surface area contributed by atoms with Crippen molar-refractivity contribution in [3.05, 3.63) is 47.5 Å². The lowest BCUT2D eigenvalue weighted by atomic mass is 10.1. The fourth-order valence-corrected chi connectivity index (χ4v) is 4.18. The summed E-state index contributed by atoms with van der Waals surface area (Å²) in [4.78, 5) is 6.14. The predicted molar refractivity (Wildman–Crippen MR) is 111 cm³/mol. The van der Waals surface area contributed by atoms with Gasteiger partial charge in [-0.15, -0.1) is 0 Å². The van der Waals surface area contributed by atoms with Gasteiger partial charge in [0.25, 0.3) is 20.2 Å². The van der Waals surface area contributed by atoms with Crippen LogP contribution in [0.5, 0.6) is 0 Å². The van der Waals surface area contributed by atoms with Gasteiger partial charge >= 0.3 is 0 Å². The second-order valence-corrected chi connectivity index (χ2v) is 8.16. The monoisotopic (exact) mass is 454 g/mol. The van der Waals surface area contributed by atoms with E-state index in [1.165, 1.54) is 48.6 Å². The summed E-state index contributed by atoms with van der Waals surface area (Å²) in [6, 6.07) is 8.23. The van der Waals surface area contributed by atoms with Crippen molar-refractivity contribution < 1.29 is 25.9 Å². The molecule has 0 aliphatic heterocycles. The third kappa shape index (κ3) is 5.10. The van der Waals surface area contributed by atoms with Crippen LogP contribution in [0.15, 0.2) is 56.2 Å². The molecule has 12 heteroatoms. The Balaban J connectivity index is 2.76. The van der Waals surface area contributed by atoms with Crippen molar-refractivity contribution in [3.8, 4) is 0 Å². The van der Waals surface area contributed by atoms with Crippen molar-refractivity contribution in [2.45, 2.75) is 9.79 Å². The molecule has 0 saturated heterocycles. The first-order chi connectivity index (χ1) is 13.1. The Morgan fingerprint density at radius 1 is 0.750 bits per heavy atom. The first-order valence-corrected chi connectivity index (χ1v) is 10.8. The Morgan fingerprint density at radius 2 is 1.11 bits per heavy atom. The van der Waals surface area contributed by atoms with Crippen LogP contribution in [0.4, 0.5) is 11.4 Å². The van der Waals surface area contributed by atoms with Crippen LogP contribution >= 0.6 is 24.4 Å². The van der Waals surface area contributed by atoms with E-state index in [1.54, 1.807) is 0 Å². The summed E-state index contributed by atoms with van der Waals surface area (Å²) in [7, 11) is -9.37. The highest BCUT2D eigenvalue weighted by Crippen LogP contribution is 2.31. The number of thiocarbonyl (C=S) groups is 2. The van der Waals surface area contributed by atoms with Crippen molar-refractivity contribution in [1.29, 1.82) is 0 Å². The molecule has 0 amide bonds. The van der Waals surface area contributed by atoms with Gasteiger partial charge in [0.1, 0.15) is 9.79 Å². The molecule has 0 saturated carbocycles. The smallest absolute Gasteiger partial charge is 0.282 e. The highest BCUT2D eigenvalue weighted by molar-refractivity contribution is 7.86. The molecule has 2 aromatic rings. The molecule has 0 bridgehead atoms. The SMILES string of the molecule is O=S(=O)(O)c1c(/C=C/c2cccc(N=C=S)c2S(=O)(=O)O)cccc1N=C=S. The minimum absolute atomic E-state index is 0.000904. The lowest BCUT2D eigenvalue weighted by molar-refractivity contribution is 0.481. The summed E-state index contributed by atoms with van der Waals surface area (Å²) < 4.78 is 66.1. The minimum atomic E-state index is -4.69. The van der Waals surface area contributed by atoms with Gasteiger partial charge < -0.3 is 0 Å². The first kappa shape index (κ1) is 21.9. The molecule has 0 heterocycles. The number of benzene rings is 2. The van der Waals surface area contributed by atoms with Gasteiger partial charge in [-0.3, -0.25) is 9.11 Å². The van der Waals surface area contributed by atoms with Crippen LogP contribution in [0.2, 0.25) is 0 Å². The molecule has 2 rings (SSSR count). The third-order valence-corrected chi connectivity index (χ3v) is 5.44. The average molecular weight is 455 g/mol. The molecule has 8 nitrogen and oxygen atoms in total. The molecular weight excluding hydrogens is 444 g/mol. The van der Waals surface area contributed by atoms with Gasteiger partial charge in [-0.25, -0.2) is 0 Å². The minimum Gasteiger partial charge on any atom is -0.282 e. The molecule has 0 unspecified atom stereocenters. The summed E-state index contributed by atoms with van der Waals surface area (Å²) in [6.45, 7) is 0. The van der Waals surface area contributed by atoms with Gasteiger partial charge in [0.15, 0.2) is 0 Å². The van der Waals surface area contributed by atoms with Crippen LogP contribution in [0.1, 0.15) is 11.1 Å². The van der Waals surface area contributed by atoms with Crippen LogP contribution in [0, 0.1) is 0 Å². The zero-order valence-corrected chi connectivity index (χ0v) is 16.9. The van der Waals surface area contributed by atoms with E-state index in [1.807, 2.05) is 10.3 Å². The lowest BCUT2D eigenvalue weighted by Gasteiger charge is -2.08. The van der Waals surface area contributed by atoms with Crippen LogP contribution in [-0.2, 0) is 20.2 Å². The summed E-state index contributed by atoms with van der Waals surface area (Å²) in [5.74, 6) is 0. The molecule has 28 heavy (non-hydrogen) atoms. The van der Waals surface area contributed by atoms with Crippen molar-refractivity contribution in [2.24, 2.45) is 9.98 Å². The number of rotatable bonds is 6. The second kappa shape index (κ2) is 8.74. The molecule has 0 radical (unpaired) electrons. The fraction of sp³-hybridized carbons (Fsp3) is 0. The van der Waals surface area contributed by atoms with Gasteiger partial charge in [0.2, 0.25) is 0 Å². The Labute approximate surface area is 171 Å². The number of isothiocyanates is 2. The van der Waals surface area contributed by atoms with E-state index in [2.05, 4.69) is 34.4 Å². The number of nitrogens with zero attached hydrogens (tertiary/aromatic N) is 2. The molecule has 0 aliphatic carbocycles. The maximum absolute atomic E-state index is 11.8. The number of hydrogen-bond donors (Lipinski definition) is 2. The van der Waals surface area contributed by atoms with Crippen molar-refractivity contribution >= 4 is 78.5 Å². The standard InChI is InChI=1S/C16H10N2O6S4/c19-27(20,21)15-11(3-1-5-13(15)17-9-25)7-8-12-4-2-6-14(18-10-26)16(12)28(22,23)24/h1-8H,(H,19,20,21)(H,22,23,24)/b8-7+. The summed E-state index contributed by atoms with van der Waals surface area (Å²) >= 11 is 8.94. The Kier molecular flexibility index (Phi) is 6.83. The van der Waals surface area contributed by atoms with Crippen LogP contribution in [0.25, 0.3) is 12.2 Å². The van der Waals surface area contributed by atoms with Gasteiger partial charge in [-0.05, 0) is 47.7 Å². The zero-order chi connectivity index (χ0) is 20.9. The molecule has 2 aromatic carbocycles. The molecule has 0 spiro atoms. The quantitative estimate of drug-likeness (QED) is 0.291. The van der Waals surface area contributed by atoms with Gasteiger partial charge in [-0.1, -0.05) is 36.4 Å². The van der Waals surface area contributed by atoms with Gasteiger partial charge in [0, 0.05) is 0 Å². The van der Waals surface area contributed by atoms with E-state index in [9.17, 15) is 25.9 Å². The molecule has 0 atom stereocenters. The highest BCUT2D eigenvalue weighted by Gasteiger charge is 2.21. The topological polar surface area (TPSA) is 133 Å². The van der Waals surface area contributed by atoms with E-state index in [4.69, 9.17) is 0 Å². The lowest BCUT2D eigenvalue weighted by Crippen LogP contribution is -2.02. The Morgan fingerprint density at radius 3 is 1.39 bits per heavy atom. The number of aliphatic imine (C=N–C) groups is 2. The largest absolute Gasteiger partial charge is 0.297 e. The van der Waals surface area contributed by atoms with Crippen LogP contribution in [0.3, 0.4) is 0 Å². The van der Waals surface area contributed by atoms with Gasteiger partial charge in [-0.2, -0.15) is 26.8 Å². The van der Waals surface area contributed by atoms with E-state index >= 15 is 0 Å². The van der Waals surface area contributed by atoms with E-state index in [0.717, 1.165) is 0 Å². The maximum atomic E-state index is 11.8. The molecule has 0 aliphatic rings. The number of hydrogen-bond acceptors (Lipinski definition) is 8. The summed E-state index contributed by atoms with van der Waals surface area (Å²) in [5.41, 5.74) is -0.291. The van der Waals surface area contributed by atoms with Crippen molar-refractivity contribution in [1.82, 2.24) is 0 Å². The molecule has 2 N–H and O–H groups in total. The first-order valence-electron chi connectivity index (χ1n) is 7.14.